The normalized spacial score (nSPS) is 25.4. The third-order valence-corrected chi connectivity index (χ3v) is 3.07. The Labute approximate surface area is 95.8 Å². The van der Waals surface area contributed by atoms with Gasteiger partial charge in [0.2, 0.25) is 5.91 Å². The Bertz CT molecular complexity index is 268. The Kier molecular flexibility index (Phi) is 4.73. The van der Waals surface area contributed by atoms with Crippen LogP contribution in [0.1, 0.15) is 32.6 Å². The second-order valence-corrected chi connectivity index (χ2v) is 4.47. The Morgan fingerprint density at radius 1 is 1.38 bits per heavy atom. The van der Waals surface area contributed by atoms with Gasteiger partial charge in [0, 0.05) is 19.0 Å². The SMILES string of the molecule is CC(=O)NC1CCCCC1N(C)CC(=O)O. The monoisotopic (exact) mass is 228 g/mol. The summed E-state index contributed by atoms with van der Waals surface area (Å²) in [6.45, 7) is 1.53. The first-order valence-electron chi connectivity index (χ1n) is 5.70. The van der Waals surface area contributed by atoms with Crippen LogP contribution in [0.25, 0.3) is 0 Å². The van der Waals surface area contributed by atoms with Crippen LogP contribution in [-0.4, -0.2) is 47.6 Å². The average molecular weight is 228 g/mol. The molecule has 1 rings (SSSR count). The van der Waals surface area contributed by atoms with Gasteiger partial charge in [0.05, 0.1) is 6.54 Å². The molecule has 5 heteroatoms. The zero-order chi connectivity index (χ0) is 12.1. The fraction of sp³-hybridized carbons (Fsp3) is 0.818. The number of amides is 1. The molecule has 0 aromatic heterocycles. The van der Waals surface area contributed by atoms with Crippen LogP contribution in [0.2, 0.25) is 0 Å². The highest BCUT2D eigenvalue weighted by atomic mass is 16.4. The molecule has 0 spiro atoms. The van der Waals surface area contributed by atoms with Crippen molar-refractivity contribution in [2.45, 2.75) is 44.7 Å². The van der Waals surface area contributed by atoms with Crippen molar-refractivity contribution < 1.29 is 14.7 Å². The van der Waals surface area contributed by atoms with Crippen LogP contribution in [0, 0.1) is 0 Å². The van der Waals surface area contributed by atoms with Gasteiger partial charge in [0.1, 0.15) is 0 Å². The summed E-state index contributed by atoms with van der Waals surface area (Å²) in [6.07, 6.45) is 4.09. The van der Waals surface area contributed by atoms with Gasteiger partial charge >= 0.3 is 5.97 Å². The molecule has 0 aromatic rings. The van der Waals surface area contributed by atoms with Crippen molar-refractivity contribution in [3.8, 4) is 0 Å². The van der Waals surface area contributed by atoms with E-state index < -0.39 is 5.97 Å². The second-order valence-electron chi connectivity index (χ2n) is 4.47. The highest BCUT2D eigenvalue weighted by Gasteiger charge is 2.29. The van der Waals surface area contributed by atoms with Crippen molar-refractivity contribution in [3.05, 3.63) is 0 Å². The Balaban J connectivity index is 2.58. The van der Waals surface area contributed by atoms with Crippen molar-refractivity contribution in [1.29, 1.82) is 0 Å². The van der Waals surface area contributed by atoms with Crippen LogP contribution in [0.5, 0.6) is 0 Å². The molecule has 0 aromatic carbocycles. The number of nitrogens with zero attached hydrogens (tertiary/aromatic N) is 1. The molecule has 0 saturated heterocycles. The van der Waals surface area contributed by atoms with Crippen LogP contribution >= 0.6 is 0 Å². The van der Waals surface area contributed by atoms with Gasteiger partial charge in [0.15, 0.2) is 0 Å². The number of likely N-dealkylation sites (N-methyl/N-ethyl adjacent to an activating group) is 1. The molecule has 16 heavy (non-hydrogen) atoms. The zero-order valence-electron chi connectivity index (χ0n) is 9.90. The lowest BCUT2D eigenvalue weighted by molar-refractivity contribution is -0.138. The second kappa shape index (κ2) is 5.84. The number of nitrogens with one attached hydrogen (secondary N) is 1. The average Bonchev–Trinajstić information content (AvgIpc) is 2.16. The Morgan fingerprint density at radius 3 is 2.56 bits per heavy atom. The molecule has 1 aliphatic rings. The van der Waals surface area contributed by atoms with Crippen LogP contribution in [0.4, 0.5) is 0 Å². The standard InChI is InChI=1S/C11H20N2O3/c1-8(14)12-9-5-3-4-6-10(9)13(2)7-11(15)16/h9-10H,3-7H2,1-2H3,(H,12,14)(H,15,16). The van der Waals surface area contributed by atoms with E-state index in [-0.39, 0.29) is 24.5 Å². The van der Waals surface area contributed by atoms with Gasteiger partial charge in [-0.2, -0.15) is 0 Å². The minimum Gasteiger partial charge on any atom is -0.480 e. The van der Waals surface area contributed by atoms with E-state index >= 15 is 0 Å². The van der Waals surface area contributed by atoms with Gasteiger partial charge in [-0.3, -0.25) is 14.5 Å². The zero-order valence-corrected chi connectivity index (χ0v) is 9.90. The number of carboxylic acid groups (broad SMARTS) is 1. The molecule has 2 atom stereocenters. The van der Waals surface area contributed by atoms with Crippen molar-refractivity contribution in [1.82, 2.24) is 10.2 Å². The Morgan fingerprint density at radius 2 is 2.00 bits per heavy atom. The first-order valence-corrected chi connectivity index (χ1v) is 5.70. The number of aliphatic carboxylic acids is 1. The maximum Gasteiger partial charge on any atom is 0.317 e. The molecule has 5 nitrogen and oxygen atoms in total. The topological polar surface area (TPSA) is 69.6 Å². The third-order valence-electron chi connectivity index (χ3n) is 3.07. The van der Waals surface area contributed by atoms with E-state index in [0.29, 0.717) is 0 Å². The first-order chi connectivity index (χ1) is 7.50. The number of hydrogen-bond donors (Lipinski definition) is 2. The highest BCUT2D eigenvalue weighted by molar-refractivity contribution is 5.73. The molecule has 0 heterocycles. The summed E-state index contributed by atoms with van der Waals surface area (Å²) in [5.74, 6) is -0.865. The number of carboxylic acids is 1. The molecule has 2 unspecified atom stereocenters. The maximum atomic E-state index is 11.1. The highest BCUT2D eigenvalue weighted by Crippen LogP contribution is 2.22. The summed E-state index contributed by atoms with van der Waals surface area (Å²) in [5, 5.41) is 11.7. The van der Waals surface area contributed by atoms with Gasteiger partial charge in [-0.05, 0) is 19.9 Å². The van der Waals surface area contributed by atoms with Crippen molar-refractivity contribution in [2.24, 2.45) is 0 Å². The molecule has 0 bridgehead atoms. The molecule has 1 amide bonds. The molecular weight excluding hydrogens is 208 g/mol. The summed E-state index contributed by atoms with van der Waals surface area (Å²) < 4.78 is 0. The van der Waals surface area contributed by atoms with E-state index in [1.807, 2.05) is 4.90 Å². The van der Waals surface area contributed by atoms with E-state index in [4.69, 9.17) is 5.11 Å². The third kappa shape index (κ3) is 3.81. The van der Waals surface area contributed by atoms with Crippen LogP contribution < -0.4 is 5.32 Å². The van der Waals surface area contributed by atoms with E-state index in [9.17, 15) is 9.59 Å². The Hall–Kier alpha value is -1.10. The fourth-order valence-corrected chi connectivity index (χ4v) is 2.40. The molecule has 0 aliphatic heterocycles. The fourth-order valence-electron chi connectivity index (χ4n) is 2.40. The van der Waals surface area contributed by atoms with Crippen molar-refractivity contribution in [3.63, 3.8) is 0 Å². The molecule has 1 saturated carbocycles. The van der Waals surface area contributed by atoms with Gasteiger partial charge in [-0.15, -0.1) is 0 Å². The van der Waals surface area contributed by atoms with Crippen molar-refractivity contribution >= 4 is 11.9 Å². The quantitative estimate of drug-likeness (QED) is 0.733. The van der Waals surface area contributed by atoms with E-state index in [0.717, 1.165) is 25.7 Å². The number of rotatable bonds is 4. The van der Waals surface area contributed by atoms with Gasteiger partial charge in [-0.25, -0.2) is 0 Å². The van der Waals surface area contributed by atoms with Gasteiger partial charge < -0.3 is 10.4 Å². The lowest BCUT2D eigenvalue weighted by Gasteiger charge is -2.37. The van der Waals surface area contributed by atoms with E-state index in [2.05, 4.69) is 5.32 Å². The first kappa shape index (κ1) is 13.0. The van der Waals surface area contributed by atoms with Crippen molar-refractivity contribution in [2.75, 3.05) is 13.6 Å². The summed E-state index contributed by atoms with van der Waals surface area (Å²) in [4.78, 5) is 23.5. The molecule has 92 valence electrons. The summed E-state index contributed by atoms with van der Waals surface area (Å²) in [6, 6.07) is 0.240. The van der Waals surface area contributed by atoms with Gasteiger partial charge in [-0.1, -0.05) is 12.8 Å². The molecule has 2 N–H and O–H groups in total. The van der Waals surface area contributed by atoms with Crippen LogP contribution in [0.3, 0.4) is 0 Å². The smallest absolute Gasteiger partial charge is 0.317 e. The molecular formula is C11H20N2O3. The van der Waals surface area contributed by atoms with E-state index in [1.165, 1.54) is 6.92 Å². The van der Waals surface area contributed by atoms with Crippen LogP contribution in [0.15, 0.2) is 0 Å². The summed E-state index contributed by atoms with van der Waals surface area (Å²) in [5.41, 5.74) is 0. The summed E-state index contributed by atoms with van der Waals surface area (Å²) in [7, 11) is 1.80. The van der Waals surface area contributed by atoms with Crippen LogP contribution in [-0.2, 0) is 9.59 Å². The molecule has 0 radical (unpaired) electrons. The summed E-state index contributed by atoms with van der Waals surface area (Å²) >= 11 is 0. The lowest BCUT2D eigenvalue weighted by atomic mass is 9.89. The molecule has 1 aliphatic carbocycles. The predicted molar refractivity (Wildman–Crippen MR) is 60.1 cm³/mol. The largest absolute Gasteiger partial charge is 0.480 e. The number of carbonyl (C=O) groups excluding carboxylic acids is 1. The number of carbonyl (C=O) groups is 2. The number of hydrogen-bond acceptors (Lipinski definition) is 3. The minimum atomic E-state index is -0.824. The van der Waals surface area contributed by atoms with E-state index in [1.54, 1.807) is 7.05 Å². The minimum absolute atomic E-state index is 0.0285. The maximum absolute atomic E-state index is 11.1. The van der Waals surface area contributed by atoms with Gasteiger partial charge in [0.25, 0.3) is 0 Å². The lowest BCUT2D eigenvalue weighted by Crippen LogP contribution is -2.52. The molecule has 1 fully saturated rings. The predicted octanol–water partition coefficient (Wildman–Crippen LogP) is 0.450.